The third kappa shape index (κ3) is 1.33. The Balaban J connectivity index is 2.54. The van der Waals surface area contributed by atoms with E-state index in [0.717, 1.165) is 19.3 Å². The fraction of sp³-hybridized carbons (Fsp3) is 0.750. The average molecular weight is 126 g/mol. The molecule has 1 aliphatic rings. The van der Waals surface area contributed by atoms with Gasteiger partial charge in [-0.3, -0.25) is 0 Å². The molecule has 0 unspecified atom stereocenters. The summed E-state index contributed by atoms with van der Waals surface area (Å²) < 4.78 is 0. The lowest BCUT2D eigenvalue weighted by atomic mass is 9.89. The van der Waals surface area contributed by atoms with Crippen molar-refractivity contribution in [2.45, 2.75) is 32.3 Å². The van der Waals surface area contributed by atoms with Crippen LogP contribution in [0.25, 0.3) is 0 Å². The van der Waals surface area contributed by atoms with E-state index in [1.165, 1.54) is 0 Å². The van der Waals surface area contributed by atoms with Crippen LogP contribution in [-0.4, -0.2) is 11.2 Å². The van der Waals surface area contributed by atoms with Crippen LogP contribution >= 0.6 is 0 Å². The van der Waals surface area contributed by atoms with Crippen molar-refractivity contribution in [3.63, 3.8) is 0 Å². The second-order valence-corrected chi connectivity index (χ2v) is 3.25. The van der Waals surface area contributed by atoms with Crippen LogP contribution in [-0.2, 0) is 0 Å². The Morgan fingerprint density at radius 2 is 2.44 bits per heavy atom. The molecule has 0 aromatic carbocycles. The maximum atomic E-state index is 9.15. The smallest absolute Gasteiger partial charge is 0.0548 e. The van der Waals surface area contributed by atoms with Crippen LogP contribution in [0.1, 0.15) is 26.2 Å². The van der Waals surface area contributed by atoms with Gasteiger partial charge in [0.1, 0.15) is 0 Å². The van der Waals surface area contributed by atoms with Crippen LogP contribution in [0.4, 0.5) is 0 Å². The van der Waals surface area contributed by atoms with E-state index < -0.39 is 0 Å². The highest BCUT2D eigenvalue weighted by atomic mass is 16.3. The number of hydrogen-bond donors (Lipinski definition) is 1. The van der Waals surface area contributed by atoms with Crippen molar-refractivity contribution in [3.8, 4) is 0 Å². The van der Waals surface area contributed by atoms with E-state index in [-0.39, 0.29) is 11.5 Å². The normalized spacial score (nSPS) is 43.1. The molecule has 0 aromatic heterocycles. The lowest BCUT2D eigenvalue weighted by Crippen LogP contribution is -2.08. The monoisotopic (exact) mass is 126 g/mol. The topological polar surface area (TPSA) is 20.2 Å². The van der Waals surface area contributed by atoms with Gasteiger partial charge in [-0.25, -0.2) is 0 Å². The molecule has 9 heavy (non-hydrogen) atoms. The minimum atomic E-state index is -0.0759. The van der Waals surface area contributed by atoms with Gasteiger partial charge in [-0.2, -0.15) is 0 Å². The highest BCUT2D eigenvalue weighted by molar-refractivity contribution is 4.97. The van der Waals surface area contributed by atoms with E-state index in [4.69, 9.17) is 5.11 Å². The highest BCUT2D eigenvalue weighted by Gasteiger charge is 2.30. The molecule has 1 rings (SSSR count). The quantitative estimate of drug-likeness (QED) is 0.530. The van der Waals surface area contributed by atoms with Gasteiger partial charge in [-0.15, -0.1) is 6.58 Å². The molecular formula is C8H14O. The van der Waals surface area contributed by atoms with E-state index in [1.54, 1.807) is 0 Å². The molecule has 1 N–H and O–H groups in total. The molecule has 1 saturated carbocycles. The van der Waals surface area contributed by atoms with Crippen molar-refractivity contribution >= 4 is 0 Å². The van der Waals surface area contributed by atoms with Crippen LogP contribution in [0.15, 0.2) is 12.7 Å². The van der Waals surface area contributed by atoms with Gasteiger partial charge in [-0.05, 0) is 24.7 Å². The zero-order valence-electron chi connectivity index (χ0n) is 5.93. The highest BCUT2D eigenvalue weighted by Crippen LogP contribution is 2.38. The summed E-state index contributed by atoms with van der Waals surface area (Å²) in [5.41, 5.74) is 0.222. The van der Waals surface area contributed by atoms with Crippen molar-refractivity contribution in [2.75, 3.05) is 0 Å². The first kappa shape index (κ1) is 6.81. The van der Waals surface area contributed by atoms with Gasteiger partial charge in [0.25, 0.3) is 0 Å². The first-order chi connectivity index (χ1) is 4.16. The van der Waals surface area contributed by atoms with Crippen molar-refractivity contribution in [3.05, 3.63) is 12.7 Å². The largest absolute Gasteiger partial charge is 0.393 e. The molecule has 0 bridgehead atoms. The molecule has 0 heterocycles. The molecule has 1 fully saturated rings. The molecule has 1 aliphatic carbocycles. The molecule has 0 saturated heterocycles. The Morgan fingerprint density at radius 1 is 1.78 bits per heavy atom. The van der Waals surface area contributed by atoms with E-state index in [9.17, 15) is 0 Å². The van der Waals surface area contributed by atoms with Gasteiger partial charge in [0.15, 0.2) is 0 Å². The third-order valence-corrected chi connectivity index (χ3v) is 2.24. The summed E-state index contributed by atoms with van der Waals surface area (Å²) in [4.78, 5) is 0. The Hall–Kier alpha value is -0.300. The molecule has 0 amide bonds. The van der Waals surface area contributed by atoms with Crippen molar-refractivity contribution in [1.82, 2.24) is 0 Å². The van der Waals surface area contributed by atoms with Crippen molar-refractivity contribution in [1.29, 1.82) is 0 Å². The van der Waals surface area contributed by atoms with Crippen LogP contribution < -0.4 is 0 Å². The molecule has 0 spiro atoms. The molecule has 1 heteroatoms. The maximum Gasteiger partial charge on any atom is 0.0548 e. The summed E-state index contributed by atoms with van der Waals surface area (Å²) in [5.74, 6) is 0. The van der Waals surface area contributed by atoms with Crippen molar-refractivity contribution < 1.29 is 5.11 Å². The first-order valence-corrected chi connectivity index (χ1v) is 3.48. The summed E-state index contributed by atoms with van der Waals surface area (Å²) >= 11 is 0. The van der Waals surface area contributed by atoms with Crippen LogP contribution in [0, 0.1) is 5.41 Å². The lowest BCUT2D eigenvalue weighted by molar-refractivity contribution is 0.172. The standard InChI is InChI=1S/C8H14O/c1-3-8(2)5-4-7(9)6-8/h3,7,9H,1,4-6H2,2H3/t7-,8-/m1/s1. The third-order valence-electron chi connectivity index (χ3n) is 2.24. The van der Waals surface area contributed by atoms with Gasteiger partial charge in [-0.1, -0.05) is 13.0 Å². The second kappa shape index (κ2) is 2.14. The molecule has 0 radical (unpaired) electrons. The van der Waals surface area contributed by atoms with Crippen LogP contribution in [0.5, 0.6) is 0 Å². The SMILES string of the molecule is C=C[C@]1(C)CC[C@@H](O)C1. The van der Waals surface area contributed by atoms with Gasteiger partial charge in [0.2, 0.25) is 0 Å². The zero-order chi connectivity index (χ0) is 6.91. The van der Waals surface area contributed by atoms with Gasteiger partial charge < -0.3 is 5.11 Å². The lowest BCUT2D eigenvalue weighted by Gasteiger charge is -2.16. The molecule has 52 valence electrons. The number of aliphatic hydroxyl groups excluding tert-OH is 1. The molecule has 1 nitrogen and oxygen atoms in total. The first-order valence-electron chi connectivity index (χ1n) is 3.48. The summed E-state index contributed by atoms with van der Waals surface area (Å²) in [7, 11) is 0. The van der Waals surface area contributed by atoms with Gasteiger partial charge in [0.05, 0.1) is 6.10 Å². The predicted octanol–water partition coefficient (Wildman–Crippen LogP) is 1.72. The molecular weight excluding hydrogens is 112 g/mol. The van der Waals surface area contributed by atoms with Gasteiger partial charge in [0, 0.05) is 0 Å². The second-order valence-electron chi connectivity index (χ2n) is 3.25. The Kier molecular flexibility index (Phi) is 1.62. The van der Waals surface area contributed by atoms with E-state index in [0.29, 0.717) is 0 Å². The maximum absolute atomic E-state index is 9.15. The number of rotatable bonds is 1. The number of hydrogen-bond acceptors (Lipinski definition) is 1. The number of allylic oxidation sites excluding steroid dienone is 1. The Morgan fingerprint density at radius 3 is 2.67 bits per heavy atom. The van der Waals surface area contributed by atoms with Crippen LogP contribution in [0.2, 0.25) is 0 Å². The minimum Gasteiger partial charge on any atom is -0.393 e. The fourth-order valence-electron chi connectivity index (χ4n) is 1.42. The zero-order valence-corrected chi connectivity index (χ0v) is 5.93. The summed E-state index contributed by atoms with van der Waals surface area (Å²) in [5, 5.41) is 9.15. The van der Waals surface area contributed by atoms with E-state index in [1.807, 2.05) is 6.08 Å². The molecule has 0 aliphatic heterocycles. The van der Waals surface area contributed by atoms with Gasteiger partial charge >= 0.3 is 0 Å². The minimum absolute atomic E-state index is 0.0759. The summed E-state index contributed by atoms with van der Waals surface area (Å²) in [6.45, 7) is 5.89. The van der Waals surface area contributed by atoms with E-state index in [2.05, 4.69) is 13.5 Å². The summed E-state index contributed by atoms with van der Waals surface area (Å²) in [6.07, 6.45) is 4.83. The van der Waals surface area contributed by atoms with E-state index >= 15 is 0 Å². The Bertz CT molecular complexity index is 120. The average Bonchev–Trinajstić information content (AvgIpc) is 2.13. The van der Waals surface area contributed by atoms with Crippen LogP contribution in [0.3, 0.4) is 0 Å². The summed E-state index contributed by atoms with van der Waals surface area (Å²) in [6, 6.07) is 0. The predicted molar refractivity (Wildman–Crippen MR) is 38.2 cm³/mol. The number of aliphatic hydroxyl groups is 1. The Labute approximate surface area is 56.4 Å². The molecule has 2 atom stereocenters. The fourth-order valence-corrected chi connectivity index (χ4v) is 1.42. The van der Waals surface area contributed by atoms with Crippen molar-refractivity contribution in [2.24, 2.45) is 5.41 Å². The molecule has 0 aromatic rings.